The molecule has 0 spiro atoms. The summed E-state index contributed by atoms with van der Waals surface area (Å²) in [5, 5.41) is 3.55. The molecule has 0 aromatic rings. The average molecular weight is 253 g/mol. The Hall–Kier alpha value is -0.120. The van der Waals surface area contributed by atoms with Crippen LogP contribution >= 0.6 is 0 Å². The maximum atomic E-state index is 3.55. The summed E-state index contributed by atoms with van der Waals surface area (Å²) in [6.07, 6.45) is 4.02. The number of hydrogen-bond donors (Lipinski definition) is 1. The molecule has 3 atom stereocenters. The standard InChI is InChI=1S/C15H31N3/c1-4-14(3)18-9-7-17(8-10-18)12-15-5-6-16-13(2)11-15/h13-16H,4-12H2,1-3H3. The van der Waals surface area contributed by atoms with Gasteiger partial charge in [-0.3, -0.25) is 4.90 Å². The fourth-order valence-electron chi connectivity index (χ4n) is 3.41. The van der Waals surface area contributed by atoms with Crippen molar-refractivity contribution in [3.05, 3.63) is 0 Å². The zero-order chi connectivity index (χ0) is 13.0. The minimum Gasteiger partial charge on any atom is -0.314 e. The summed E-state index contributed by atoms with van der Waals surface area (Å²) >= 11 is 0. The van der Waals surface area contributed by atoms with Gasteiger partial charge in [-0.15, -0.1) is 0 Å². The van der Waals surface area contributed by atoms with Gasteiger partial charge in [0, 0.05) is 44.8 Å². The van der Waals surface area contributed by atoms with E-state index in [2.05, 4.69) is 35.9 Å². The number of hydrogen-bond acceptors (Lipinski definition) is 3. The Morgan fingerprint density at radius 3 is 2.56 bits per heavy atom. The fraction of sp³-hybridized carbons (Fsp3) is 1.00. The molecule has 0 bridgehead atoms. The van der Waals surface area contributed by atoms with Gasteiger partial charge in [-0.2, -0.15) is 0 Å². The van der Waals surface area contributed by atoms with Crippen LogP contribution in [0.25, 0.3) is 0 Å². The second-order valence-corrected chi connectivity index (χ2v) is 6.34. The van der Waals surface area contributed by atoms with E-state index in [0.29, 0.717) is 0 Å². The Morgan fingerprint density at radius 2 is 1.94 bits per heavy atom. The molecule has 0 aromatic heterocycles. The molecule has 2 heterocycles. The maximum Gasteiger partial charge on any atom is 0.0113 e. The molecule has 0 aliphatic carbocycles. The van der Waals surface area contributed by atoms with Crippen LogP contribution in [-0.2, 0) is 0 Å². The lowest BCUT2D eigenvalue weighted by Gasteiger charge is -2.40. The Bertz CT molecular complexity index is 236. The van der Waals surface area contributed by atoms with Crippen LogP contribution in [0.1, 0.15) is 40.0 Å². The van der Waals surface area contributed by atoms with Crippen molar-refractivity contribution in [3.8, 4) is 0 Å². The smallest absolute Gasteiger partial charge is 0.0113 e. The van der Waals surface area contributed by atoms with Gasteiger partial charge in [-0.1, -0.05) is 6.92 Å². The van der Waals surface area contributed by atoms with Gasteiger partial charge in [-0.25, -0.2) is 0 Å². The molecular weight excluding hydrogens is 222 g/mol. The van der Waals surface area contributed by atoms with Crippen LogP contribution in [0.2, 0.25) is 0 Å². The molecule has 18 heavy (non-hydrogen) atoms. The largest absolute Gasteiger partial charge is 0.314 e. The summed E-state index contributed by atoms with van der Waals surface area (Å²) in [5.74, 6) is 0.927. The zero-order valence-corrected chi connectivity index (χ0v) is 12.5. The number of nitrogens with zero attached hydrogens (tertiary/aromatic N) is 2. The van der Waals surface area contributed by atoms with Crippen LogP contribution < -0.4 is 5.32 Å². The van der Waals surface area contributed by atoms with Crippen molar-refractivity contribution in [1.29, 1.82) is 0 Å². The monoisotopic (exact) mass is 253 g/mol. The molecular formula is C15H31N3. The Kier molecular flexibility index (Phi) is 5.46. The van der Waals surface area contributed by atoms with E-state index in [4.69, 9.17) is 0 Å². The Morgan fingerprint density at radius 1 is 1.22 bits per heavy atom. The SMILES string of the molecule is CCC(C)N1CCN(CC2CCNC(C)C2)CC1. The van der Waals surface area contributed by atoms with Crippen molar-refractivity contribution in [1.82, 2.24) is 15.1 Å². The quantitative estimate of drug-likeness (QED) is 0.824. The third kappa shape index (κ3) is 3.94. The molecule has 3 unspecified atom stereocenters. The molecule has 2 aliphatic heterocycles. The molecule has 1 N–H and O–H groups in total. The predicted octanol–water partition coefficient (Wildman–Crippen LogP) is 1.79. The van der Waals surface area contributed by atoms with Crippen molar-refractivity contribution in [2.75, 3.05) is 39.3 Å². The van der Waals surface area contributed by atoms with Gasteiger partial charge in [-0.05, 0) is 45.6 Å². The van der Waals surface area contributed by atoms with E-state index < -0.39 is 0 Å². The zero-order valence-electron chi connectivity index (χ0n) is 12.5. The van der Waals surface area contributed by atoms with Crippen LogP contribution in [0, 0.1) is 5.92 Å². The van der Waals surface area contributed by atoms with Gasteiger partial charge in [0.05, 0.1) is 0 Å². The highest BCUT2D eigenvalue weighted by Crippen LogP contribution is 2.18. The lowest BCUT2D eigenvalue weighted by Crippen LogP contribution is -2.51. The topological polar surface area (TPSA) is 18.5 Å². The first-order valence-corrected chi connectivity index (χ1v) is 7.88. The van der Waals surface area contributed by atoms with Crippen molar-refractivity contribution in [2.24, 2.45) is 5.92 Å². The fourth-order valence-corrected chi connectivity index (χ4v) is 3.41. The van der Waals surface area contributed by atoms with Gasteiger partial charge in [0.1, 0.15) is 0 Å². The number of nitrogens with one attached hydrogen (secondary N) is 1. The molecule has 2 saturated heterocycles. The van der Waals surface area contributed by atoms with E-state index in [-0.39, 0.29) is 0 Å². The third-order valence-corrected chi connectivity index (χ3v) is 4.87. The highest BCUT2D eigenvalue weighted by Gasteiger charge is 2.24. The van der Waals surface area contributed by atoms with Crippen molar-refractivity contribution < 1.29 is 0 Å². The minimum absolute atomic E-state index is 0.727. The second-order valence-electron chi connectivity index (χ2n) is 6.34. The van der Waals surface area contributed by atoms with Crippen LogP contribution in [0.3, 0.4) is 0 Å². The van der Waals surface area contributed by atoms with Crippen LogP contribution in [0.15, 0.2) is 0 Å². The van der Waals surface area contributed by atoms with E-state index in [1.807, 2.05) is 0 Å². The number of piperidine rings is 1. The lowest BCUT2D eigenvalue weighted by atomic mass is 9.92. The summed E-state index contributed by atoms with van der Waals surface area (Å²) in [6, 6.07) is 1.50. The Balaban J connectivity index is 1.70. The highest BCUT2D eigenvalue weighted by atomic mass is 15.3. The van der Waals surface area contributed by atoms with Crippen molar-refractivity contribution in [3.63, 3.8) is 0 Å². The van der Waals surface area contributed by atoms with Gasteiger partial charge in [0.2, 0.25) is 0 Å². The molecule has 3 nitrogen and oxygen atoms in total. The minimum atomic E-state index is 0.727. The molecule has 2 aliphatic rings. The molecule has 0 aromatic carbocycles. The predicted molar refractivity (Wildman–Crippen MR) is 78.0 cm³/mol. The van der Waals surface area contributed by atoms with Gasteiger partial charge >= 0.3 is 0 Å². The van der Waals surface area contributed by atoms with E-state index >= 15 is 0 Å². The molecule has 0 radical (unpaired) electrons. The summed E-state index contributed by atoms with van der Waals surface area (Å²) < 4.78 is 0. The van der Waals surface area contributed by atoms with E-state index in [1.165, 1.54) is 58.5 Å². The molecule has 2 fully saturated rings. The Labute approximate surface area is 113 Å². The third-order valence-electron chi connectivity index (χ3n) is 4.87. The van der Waals surface area contributed by atoms with E-state index in [1.54, 1.807) is 0 Å². The van der Waals surface area contributed by atoms with Gasteiger partial charge in [0.25, 0.3) is 0 Å². The van der Waals surface area contributed by atoms with E-state index in [9.17, 15) is 0 Å². The molecule has 3 heteroatoms. The number of rotatable bonds is 4. The molecule has 2 rings (SSSR count). The van der Waals surface area contributed by atoms with Crippen molar-refractivity contribution in [2.45, 2.75) is 52.1 Å². The summed E-state index contributed by atoms with van der Waals surface area (Å²) in [5.41, 5.74) is 0. The van der Waals surface area contributed by atoms with Gasteiger partial charge in [0.15, 0.2) is 0 Å². The summed E-state index contributed by atoms with van der Waals surface area (Å²) in [7, 11) is 0. The first kappa shape index (κ1) is 14.3. The van der Waals surface area contributed by atoms with Crippen LogP contribution in [0.5, 0.6) is 0 Å². The second kappa shape index (κ2) is 6.88. The normalized spacial score (nSPS) is 33.5. The van der Waals surface area contributed by atoms with Crippen LogP contribution in [0.4, 0.5) is 0 Å². The lowest BCUT2D eigenvalue weighted by molar-refractivity contribution is 0.0834. The maximum absolute atomic E-state index is 3.55. The van der Waals surface area contributed by atoms with Crippen LogP contribution in [-0.4, -0.2) is 61.2 Å². The summed E-state index contributed by atoms with van der Waals surface area (Å²) in [4.78, 5) is 5.35. The molecule has 0 amide bonds. The number of piperazine rings is 1. The first-order chi connectivity index (χ1) is 8.69. The van der Waals surface area contributed by atoms with Crippen molar-refractivity contribution >= 4 is 0 Å². The highest BCUT2D eigenvalue weighted by molar-refractivity contribution is 4.81. The summed E-state index contributed by atoms with van der Waals surface area (Å²) in [6.45, 7) is 14.7. The van der Waals surface area contributed by atoms with Gasteiger partial charge < -0.3 is 10.2 Å². The molecule has 106 valence electrons. The first-order valence-electron chi connectivity index (χ1n) is 7.88. The average Bonchev–Trinajstić information content (AvgIpc) is 2.39. The molecule has 0 saturated carbocycles. The van der Waals surface area contributed by atoms with E-state index in [0.717, 1.165) is 18.0 Å².